The average molecular weight is 395 g/mol. The fourth-order valence-corrected chi connectivity index (χ4v) is 2.66. The molecule has 1 aliphatic heterocycles. The largest absolute Gasteiger partial charge is 0.464 e. The minimum atomic E-state index is -3.22. The third kappa shape index (κ3) is 3.53. The van der Waals surface area contributed by atoms with Crippen LogP contribution in [0.3, 0.4) is 0 Å². The molecule has 0 aliphatic carbocycles. The van der Waals surface area contributed by atoms with Gasteiger partial charge in [-0.15, -0.1) is 0 Å². The van der Waals surface area contributed by atoms with Crippen molar-refractivity contribution in [2.24, 2.45) is 5.10 Å². The van der Waals surface area contributed by atoms with Crippen LogP contribution in [0.2, 0.25) is 0 Å². The Morgan fingerprint density at radius 1 is 1.43 bits per heavy atom. The number of hydrogen-bond acceptors (Lipinski definition) is 7. The summed E-state index contributed by atoms with van der Waals surface area (Å²) in [6.45, 7) is 1.15. The highest BCUT2D eigenvalue weighted by molar-refractivity contribution is 5.96. The van der Waals surface area contributed by atoms with Crippen molar-refractivity contribution in [3.63, 3.8) is 0 Å². The van der Waals surface area contributed by atoms with Crippen molar-refractivity contribution < 1.29 is 28.3 Å². The topological polar surface area (TPSA) is 123 Å². The van der Waals surface area contributed by atoms with Gasteiger partial charge < -0.3 is 9.84 Å². The number of hydrazone groups is 1. The molecule has 3 rings (SSSR count). The number of nitro groups is 1. The second-order valence-corrected chi connectivity index (χ2v) is 6.05. The Morgan fingerprint density at radius 2 is 2.14 bits per heavy atom. The predicted octanol–water partition coefficient (Wildman–Crippen LogP) is 2.00. The molecule has 2 aromatic rings. The van der Waals surface area contributed by atoms with Crippen molar-refractivity contribution in [1.82, 2.24) is 14.8 Å². The normalized spacial score (nSPS) is 19.0. The average Bonchev–Trinajstić information content (AvgIpc) is 3.24. The Labute approximate surface area is 156 Å². The van der Waals surface area contributed by atoms with E-state index in [0.29, 0.717) is 5.01 Å². The van der Waals surface area contributed by atoms with Crippen molar-refractivity contribution >= 4 is 17.3 Å². The fourth-order valence-electron chi connectivity index (χ4n) is 2.66. The first-order valence-corrected chi connectivity index (χ1v) is 8.01. The maximum absolute atomic E-state index is 13.2. The Balaban J connectivity index is 1.74. The minimum absolute atomic E-state index is 0.00252. The lowest BCUT2D eigenvalue weighted by molar-refractivity contribution is -0.386. The van der Waals surface area contributed by atoms with E-state index in [0.717, 1.165) is 4.68 Å². The molecule has 0 saturated carbocycles. The molecule has 2 heterocycles. The number of ether oxygens (including phenoxy) is 1. The summed E-state index contributed by atoms with van der Waals surface area (Å²) in [5.74, 6) is -1.01. The van der Waals surface area contributed by atoms with Gasteiger partial charge in [0.15, 0.2) is 18.2 Å². The van der Waals surface area contributed by atoms with E-state index in [1.54, 1.807) is 6.07 Å². The molecule has 10 nitrogen and oxygen atoms in total. The number of halogens is 2. The summed E-state index contributed by atoms with van der Waals surface area (Å²) in [5.41, 5.74) is -3.04. The first-order valence-electron chi connectivity index (χ1n) is 8.01. The summed E-state index contributed by atoms with van der Waals surface area (Å²) in [6.07, 6.45) is -2.37. The van der Waals surface area contributed by atoms with Crippen molar-refractivity contribution in [3.8, 4) is 5.75 Å². The second-order valence-electron chi connectivity index (χ2n) is 6.05. The van der Waals surface area contributed by atoms with E-state index < -0.39 is 29.4 Å². The molecule has 1 aromatic heterocycles. The summed E-state index contributed by atoms with van der Waals surface area (Å²) in [6, 6.07) is 6.95. The van der Waals surface area contributed by atoms with Crippen LogP contribution in [0.15, 0.2) is 41.6 Å². The number of nitro benzene ring substituents is 1. The van der Waals surface area contributed by atoms with E-state index >= 15 is 0 Å². The van der Waals surface area contributed by atoms with Gasteiger partial charge in [-0.2, -0.15) is 15.2 Å². The van der Waals surface area contributed by atoms with Gasteiger partial charge in [0.2, 0.25) is 5.72 Å². The summed E-state index contributed by atoms with van der Waals surface area (Å²) in [7, 11) is 0. The molecule has 0 spiro atoms. The van der Waals surface area contributed by atoms with Crippen LogP contribution >= 0.6 is 0 Å². The minimum Gasteiger partial charge on any atom is -0.464 e. The van der Waals surface area contributed by atoms with Crippen LogP contribution in [-0.4, -0.2) is 48.6 Å². The van der Waals surface area contributed by atoms with Gasteiger partial charge in [0.1, 0.15) is 0 Å². The van der Waals surface area contributed by atoms with Crippen LogP contribution < -0.4 is 4.74 Å². The zero-order valence-corrected chi connectivity index (χ0v) is 14.5. The molecule has 0 bridgehead atoms. The Hall–Kier alpha value is -3.41. The van der Waals surface area contributed by atoms with Gasteiger partial charge in [0, 0.05) is 24.4 Å². The van der Waals surface area contributed by atoms with Crippen molar-refractivity contribution in [1.29, 1.82) is 0 Å². The maximum atomic E-state index is 13.2. The van der Waals surface area contributed by atoms with Gasteiger partial charge >= 0.3 is 5.69 Å². The predicted molar refractivity (Wildman–Crippen MR) is 90.8 cm³/mol. The van der Waals surface area contributed by atoms with Crippen LogP contribution in [0.4, 0.5) is 14.5 Å². The number of benzene rings is 1. The molecule has 0 radical (unpaired) electrons. The smallest absolute Gasteiger partial charge is 0.311 e. The van der Waals surface area contributed by atoms with Crippen molar-refractivity contribution in [2.75, 3.05) is 0 Å². The number of para-hydroxylation sites is 2. The van der Waals surface area contributed by atoms with Crippen LogP contribution in [0.5, 0.6) is 5.75 Å². The lowest BCUT2D eigenvalue weighted by Gasteiger charge is -2.29. The van der Waals surface area contributed by atoms with Crippen LogP contribution in [0.25, 0.3) is 0 Å². The zero-order valence-electron chi connectivity index (χ0n) is 14.5. The SMILES string of the molecule is CC1=NN(C(=O)c2ccn(COc3ccccc3[N+](=O)[O-])n2)[C@](O)(C(F)F)C1. The van der Waals surface area contributed by atoms with E-state index in [9.17, 15) is 28.8 Å². The Bertz CT molecular complexity index is 947. The molecular formula is C16H15F2N5O5. The lowest BCUT2D eigenvalue weighted by Crippen LogP contribution is -2.51. The molecule has 1 atom stereocenters. The fraction of sp³-hybridized carbons (Fsp3) is 0.312. The third-order valence-corrected chi connectivity index (χ3v) is 3.97. The highest BCUT2D eigenvalue weighted by Gasteiger charge is 2.51. The van der Waals surface area contributed by atoms with E-state index in [-0.39, 0.29) is 29.6 Å². The van der Waals surface area contributed by atoms with Gasteiger partial charge in [-0.25, -0.2) is 13.5 Å². The van der Waals surface area contributed by atoms with Gasteiger partial charge in [-0.1, -0.05) is 12.1 Å². The van der Waals surface area contributed by atoms with Gasteiger partial charge in [-0.3, -0.25) is 14.9 Å². The number of amides is 1. The molecular weight excluding hydrogens is 380 g/mol. The van der Waals surface area contributed by atoms with Gasteiger partial charge in [0.05, 0.1) is 4.92 Å². The number of aliphatic hydroxyl groups is 1. The van der Waals surface area contributed by atoms with Crippen LogP contribution in [0.1, 0.15) is 23.8 Å². The summed E-state index contributed by atoms with van der Waals surface area (Å²) in [4.78, 5) is 22.8. The summed E-state index contributed by atoms with van der Waals surface area (Å²) < 4.78 is 32.9. The summed E-state index contributed by atoms with van der Waals surface area (Å²) in [5, 5.41) is 29.0. The van der Waals surface area contributed by atoms with Crippen LogP contribution in [0, 0.1) is 10.1 Å². The van der Waals surface area contributed by atoms with E-state index in [1.165, 1.54) is 37.4 Å². The monoisotopic (exact) mass is 395 g/mol. The molecule has 1 amide bonds. The lowest BCUT2D eigenvalue weighted by atomic mass is 10.1. The van der Waals surface area contributed by atoms with Crippen LogP contribution in [-0.2, 0) is 6.73 Å². The van der Waals surface area contributed by atoms with Crippen molar-refractivity contribution in [2.45, 2.75) is 32.2 Å². The summed E-state index contributed by atoms with van der Waals surface area (Å²) >= 11 is 0. The molecule has 1 N–H and O–H groups in total. The van der Waals surface area contributed by atoms with Gasteiger partial charge in [-0.05, 0) is 19.1 Å². The highest BCUT2D eigenvalue weighted by atomic mass is 19.3. The number of aromatic nitrogens is 2. The maximum Gasteiger partial charge on any atom is 0.311 e. The Morgan fingerprint density at radius 3 is 2.82 bits per heavy atom. The molecule has 28 heavy (non-hydrogen) atoms. The van der Waals surface area contributed by atoms with E-state index in [2.05, 4.69) is 10.2 Å². The number of alkyl halides is 2. The number of nitrogens with zero attached hydrogens (tertiary/aromatic N) is 5. The zero-order chi connectivity index (χ0) is 20.5. The Kier molecular flexibility index (Phi) is 5.05. The van der Waals surface area contributed by atoms with Crippen molar-refractivity contribution in [3.05, 3.63) is 52.3 Å². The number of rotatable bonds is 6. The molecule has 1 aromatic carbocycles. The van der Waals surface area contributed by atoms with E-state index in [1.807, 2.05) is 0 Å². The molecule has 148 valence electrons. The molecule has 0 saturated heterocycles. The third-order valence-electron chi connectivity index (χ3n) is 3.97. The molecule has 0 fully saturated rings. The first-order chi connectivity index (χ1) is 13.2. The van der Waals surface area contributed by atoms with Gasteiger partial charge in [0.25, 0.3) is 12.3 Å². The number of hydrogen-bond donors (Lipinski definition) is 1. The second kappa shape index (κ2) is 7.31. The number of carbonyl (C=O) groups excluding carboxylic acids is 1. The first kappa shape index (κ1) is 19.4. The quantitative estimate of drug-likeness (QED) is 0.589. The number of carbonyl (C=O) groups is 1. The standard InChI is InChI=1S/C16H15F2N5O5/c1-10-8-16(25,15(17)18)22(19-10)14(24)11-6-7-21(20-11)9-28-13-5-3-2-4-12(13)23(26)27/h2-7,15,25H,8-9H2,1H3/t16-/m1/s1. The molecule has 1 aliphatic rings. The highest BCUT2D eigenvalue weighted by Crippen LogP contribution is 2.32. The molecule has 12 heteroatoms. The van der Waals surface area contributed by atoms with E-state index in [4.69, 9.17) is 4.74 Å². The molecule has 0 unspecified atom stereocenters.